The number of hydrogen-bond acceptors (Lipinski definition) is 5. The normalized spacial score (nSPS) is 14.8. The molecule has 0 unspecified atom stereocenters. The molecule has 1 saturated heterocycles. The molecule has 0 spiro atoms. The smallest absolute Gasteiger partial charge is 0.338 e. The molecule has 8 heteroatoms. The molecule has 2 aromatic rings. The third-order valence-corrected chi connectivity index (χ3v) is 7.63. The zero-order valence-electron chi connectivity index (χ0n) is 19.2. The second-order valence-corrected chi connectivity index (χ2v) is 10.5. The van der Waals surface area contributed by atoms with E-state index >= 15 is 0 Å². The van der Waals surface area contributed by atoms with E-state index < -0.39 is 28.5 Å². The van der Waals surface area contributed by atoms with Crippen LogP contribution in [0.5, 0.6) is 0 Å². The van der Waals surface area contributed by atoms with Crippen LogP contribution in [0.25, 0.3) is 0 Å². The summed E-state index contributed by atoms with van der Waals surface area (Å²) < 4.78 is 32.2. The molecule has 3 rings (SSSR count). The van der Waals surface area contributed by atoms with Crippen LogP contribution in [0.4, 0.5) is 0 Å². The van der Waals surface area contributed by atoms with Crippen molar-refractivity contribution >= 4 is 21.9 Å². The number of nitrogens with zero attached hydrogens (tertiary/aromatic N) is 1. The molecule has 2 aromatic carbocycles. The predicted molar refractivity (Wildman–Crippen MR) is 127 cm³/mol. The predicted octanol–water partition coefficient (Wildman–Crippen LogP) is 3.50. The number of carbonyl (C=O) groups is 2. The number of rotatable bonds is 9. The van der Waals surface area contributed by atoms with Gasteiger partial charge in [0.15, 0.2) is 6.61 Å². The van der Waals surface area contributed by atoms with Crippen LogP contribution in [-0.2, 0) is 26.0 Å². The lowest BCUT2D eigenvalue weighted by Crippen LogP contribution is -2.35. The first kappa shape index (κ1) is 24.9. The van der Waals surface area contributed by atoms with Crippen molar-refractivity contribution in [2.75, 3.05) is 26.2 Å². The van der Waals surface area contributed by atoms with E-state index in [4.69, 9.17) is 4.74 Å². The topological polar surface area (TPSA) is 92.8 Å². The Morgan fingerprint density at radius 1 is 1.03 bits per heavy atom. The summed E-state index contributed by atoms with van der Waals surface area (Å²) in [4.78, 5) is 24.5. The maximum atomic E-state index is 12.8. The molecule has 1 amide bonds. The quantitative estimate of drug-likeness (QED) is 0.564. The third-order valence-electron chi connectivity index (χ3n) is 5.74. The number of hydrogen-bond donors (Lipinski definition) is 1. The average Bonchev–Trinajstić information content (AvgIpc) is 2.83. The van der Waals surface area contributed by atoms with Crippen molar-refractivity contribution in [2.24, 2.45) is 0 Å². The molecule has 33 heavy (non-hydrogen) atoms. The molecule has 1 heterocycles. The van der Waals surface area contributed by atoms with Crippen molar-refractivity contribution in [3.05, 3.63) is 65.2 Å². The highest BCUT2D eigenvalue weighted by Gasteiger charge is 2.26. The van der Waals surface area contributed by atoms with E-state index in [1.54, 1.807) is 0 Å². The molecule has 0 saturated carbocycles. The highest BCUT2D eigenvalue weighted by Crippen LogP contribution is 2.21. The van der Waals surface area contributed by atoms with Crippen LogP contribution < -0.4 is 5.32 Å². The van der Waals surface area contributed by atoms with Crippen molar-refractivity contribution in [1.82, 2.24) is 9.62 Å². The van der Waals surface area contributed by atoms with Crippen LogP contribution in [-0.4, -0.2) is 50.8 Å². The molecule has 0 aliphatic carbocycles. The van der Waals surface area contributed by atoms with Crippen molar-refractivity contribution < 1.29 is 22.7 Å². The molecular weight excluding hydrogens is 440 g/mol. The summed E-state index contributed by atoms with van der Waals surface area (Å²) >= 11 is 0. The lowest BCUT2D eigenvalue weighted by Gasteiger charge is -2.25. The van der Waals surface area contributed by atoms with E-state index in [0.29, 0.717) is 32.0 Å². The lowest BCUT2D eigenvalue weighted by molar-refractivity contribution is -0.124. The summed E-state index contributed by atoms with van der Waals surface area (Å²) in [5, 5.41) is 2.74. The first-order chi connectivity index (χ1) is 15.8. The Bertz CT molecular complexity index is 1060. The van der Waals surface area contributed by atoms with Crippen molar-refractivity contribution in [3.63, 3.8) is 0 Å². The molecule has 0 bridgehead atoms. The molecule has 178 valence electrons. The van der Waals surface area contributed by atoms with E-state index in [-0.39, 0.29) is 10.5 Å². The highest BCUT2D eigenvalue weighted by atomic mass is 32.2. The Labute approximate surface area is 196 Å². The number of carbonyl (C=O) groups excluding carboxylic acids is 2. The van der Waals surface area contributed by atoms with Gasteiger partial charge in [-0.1, -0.05) is 50.6 Å². The van der Waals surface area contributed by atoms with Gasteiger partial charge in [-0.05, 0) is 54.5 Å². The number of nitrogens with one attached hydrogen (secondary N) is 1. The summed E-state index contributed by atoms with van der Waals surface area (Å²) in [6.07, 6.45) is 3.36. The van der Waals surface area contributed by atoms with Crippen molar-refractivity contribution in [2.45, 2.75) is 50.3 Å². The molecule has 1 aliphatic rings. The van der Waals surface area contributed by atoms with Gasteiger partial charge in [0.1, 0.15) is 0 Å². The van der Waals surface area contributed by atoms with Gasteiger partial charge in [-0.3, -0.25) is 4.79 Å². The monoisotopic (exact) mass is 472 g/mol. The van der Waals surface area contributed by atoms with Crippen LogP contribution in [0.3, 0.4) is 0 Å². The Morgan fingerprint density at radius 2 is 1.73 bits per heavy atom. The minimum atomic E-state index is -3.65. The number of benzene rings is 2. The molecule has 1 fully saturated rings. The van der Waals surface area contributed by atoms with Gasteiger partial charge in [0, 0.05) is 19.6 Å². The summed E-state index contributed by atoms with van der Waals surface area (Å²) in [7, 11) is -3.65. The standard InChI is InChI=1S/C25H32N2O5S/c1-19(2)21-11-9-20(10-12-21)13-14-26-24(28)18-32-25(29)22-7-6-8-23(17-22)33(30,31)27-15-4-3-5-16-27/h6-12,17,19H,3-5,13-16,18H2,1-2H3,(H,26,28). The number of ether oxygens (including phenoxy) is 1. The highest BCUT2D eigenvalue weighted by molar-refractivity contribution is 7.89. The summed E-state index contributed by atoms with van der Waals surface area (Å²) in [5.41, 5.74) is 2.48. The van der Waals surface area contributed by atoms with Crippen LogP contribution in [0.15, 0.2) is 53.4 Å². The summed E-state index contributed by atoms with van der Waals surface area (Å²) in [5.74, 6) is -0.664. The zero-order chi connectivity index (χ0) is 23.8. The second-order valence-electron chi connectivity index (χ2n) is 8.56. The van der Waals surface area contributed by atoms with Gasteiger partial charge in [-0.25, -0.2) is 13.2 Å². The van der Waals surface area contributed by atoms with E-state index in [1.165, 1.54) is 34.1 Å². The molecule has 0 aromatic heterocycles. The maximum absolute atomic E-state index is 12.8. The molecule has 0 atom stereocenters. The summed E-state index contributed by atoms with van der Waals surface area (Å²) in [6, 6.07) is 14.0. The molecule has 0 radical (unpaired) electrons. The van der Waals surface area contributed by atoms with E-state index in [9.17, 15) is 18.0 Å². The van der Waals surface area contributed by atoms with Gasteiger partial charge in [-0.15, -0.1) is 0 Å². The number of sulfonamides is 1. The average molecular weight is 473 g/mol. The van der Waals surface area contributed by atoms with E-state index in [2.05, 4.69) is 31.3 Å². The Balaban J connectivity index is 1.48. The Morgan fingerprint density at radius 3 is 2.39 bits per heavy atom. The molecule has 7 nitrogen and oxygen atoms in total. The van der Waals surface area contributed by atoms with Crippen LogP contribution >= 0.6 is 0 Å². The SMILES string of the molecule is CC(C)c1ccc(CCNC(=O)COC(=O)c2cccc(S(=O)(=O)N3CCCCC3)c2)cc1. The third kappa shape index (κ3) is 6.88. The minimum Gasteiger partial charge on any atom is -0.452 e. The summed E-state index contributed by atoms with van der Waals surface area (Å²) in [6.45, 7) is 5.26. The number of amides is 1. The lowest BCUT2D eigenvalue weighted by atomic mass is 10.0. The number of esters is 1. The van der Waals surface area contributed by atoms with Gasteiger partial charge in [0.25, 0.3) is 5.91 Å². The van der Waals surface area contributed by atoms with Gasteiger partial charge in [0.2, 0.25) is 10.0 Å². The van der Waals surface area contributed by atoms with Crippen molar-refractivity contribution in [1.29, 1.82) is 0 Å². The minimum absolute atomic E-state index is 0.0618. The van der Waals surface area contributed by atoms with Gasteiger partial charge in [0.05, 0.1) is 10.5 Å². The van der Waals surface area contributed by atoms with Gasteiger partial charge >= 0.3 is 5.97 Å². The van der Waals surface area contributed by atoms with Crippen LogP contribution in [0.1, 0.15) is 60.5 Å². The number of piperidine rings is 1. The van der Waals surface area contributed by atoms with Crippen molar-refractivity contribution in [3.8, 4) is 0 Å². The molecule has 1 N–H and O–H groups in total. The van der Waals surface area contributed by atoms with Crippen LogP contribution in [0, 0.1) is 0 Å². The fourth-order valence-electron chi connectivity index (χ4n) is 3.72. The largest absolute Gasteiger partial charge is 0.452 e. The van der Waals surface area contributed by atoms with Gasteiger partial charge in [-0.2, -0.15) is 4.31 Å². The van der Waals surface area contributed by atoms with Crippen LogP contribution in [0.2, 0.25) is 0 Å². The van der Waals surface area contributed by atoms with E-state index in [1.807, 2.05) is 12.1 Å². The first-order valence-corrected chi connectivity index (χ1v) is 12.8. The fourth-order valence-corrected chi connectivity index (χ4v) is 5.28. The van der Waals surface area contributed by atoms with Gasteiger partial charge < -0.3 is 10.1 Å². The zero-order valence-corrected chi connectivity index (χ0v) is 20.1. The first-order valence-electron chi connectivity index (χ1n) is 11.4. The molecule has 1 aliphatic heterocycles. The molecular formula is C25H32N2O5S. The van der Waals surface area contributed by atoms with E-state index in [0.717, 1.165) is 24.8 Å². The maximum Gasteiger partial charge on any atom is 0.338 e. The Kier molecular flexibility index (Phi) is 8.63. The second kappa shape index (κ2) is 11.4. The Hall–Kier alpha value is -2.71. The fraction of sp³-hybridized carbons (Fsp3) is 0.440.